The predicted octanol–water partition coefficient (Wildman–Crippen LogP) is 5.44. The first-order chi connectivity index (χ1) is 18.9. The molecule has 200 valence electrons. The van der Waals surface area contributed by atoms with Crippen molar-refractivity contribution in [1.29, 1.82) is 0 Å². The summed E-state index contributed by atoms with van der Waals surface area (Å²) in [4.78, 5) is 8.33. The van der Waals surface area contributed by atoms with Crippen LogP contribution in [0.5, 0.6) is 0 Å². The van der Waals surface area contributed by atoms with Crippen LogP contribution >= 0.6 is 0 Å². The lowest BCUT2D eigenvalue weighted by Gasteiger charge is -2.32. The maximum atomic E-state index is 4.37. The van der Waals surface area contributed by atoms with Gasteiger partial charge in [-0.05, 0) is 60.5 Å². The van der Waals surface area contributed by atoms with Crippen LogP contribution in [0.15, 0.2) is 91.7 Å². The summed E-state index contributed by atoms with van der Waals surface area (Å²) in [6, 6.07) is 25.4. The largest absolute Gasteiger partial charge is 0.358 e. The van der Waals surface area contributed by atoms with E-state index in [1.54, 1.807) is 0 Å². The maximum absolute atomic E-state index is 4.37. The van der Waals surface area contributed by atoms with E-state index in [0.717, 1.165) is 100 Å². The second-order valence-electron chi connectivity index (χ2n) is 10.4. The standard InChI is InChI=1S/C34H39N5/c1-6-24(2)28-12-17-31-32(22-28)36-26(4)33(31)34(27-10-8-7-9-11-27)37-30-15-13-29(14-16-30)35-25(3)23-39-20-18-38(5)19-21-39/h7-17,22,35-37H,2-4,6,18-21,23H2,1,5H3/b34-33+. The molecule has 0 spiro atoms. The minimum absolute atomic E-state index is 0.861. The van der Waals surface area contributed by atoms with E-state index in [-0.39, 0.29) is 0 Å². The molecule has 0 aliphatic carbocycles. The molecule has 0 radical (unpaired) electrons. The van der Waals surface area contributed by atoms with Gasteiger partial charge >= 0.3 is 0 Å². The highest BCUT2D eigenvalue weighted by Gasteiger charge is 2.14. The molecule has 0 amide bonds. The predicted molar refractivity (Wildman–Crippen MR) is 168 cm³/mol. The van der Waals surface area contributed by atoms with E-state index in [1.807, 2.05) is 6.07 Å². The zero-order chi connectivity index (χ0) is 27.4. The van der Waals surface area contributed by atoms with Crippen molar-refractivity contribution in [2.75, 3.05) is 50.4 Å². The Bertz CT molecular complexity index is 1570. The van der Waals surface area contributed by atoms with Crippen LogP contribution in [0, 0.1) is 0 Å². The molecule has 1 aliphatic heterocycles. The molecule has 3 N–H and O–H groups in total. The number of nitrogens with zero attached hydrogens (tertiary/aromatic N) is 2. The Morgan fingerprint density at radius 2 is 1.51 bits per heavy atom. The van der Waals surface area contributed by atoms with Crippen LogP contribution in [-0.2, 0) is 0 Å². The number of anilines is 2. The van der Waals surface area contributed by atoms with Crippen LogP contribution in [0.4, 0.5) is 11.4 Å². The average molecular weight is 518 g/mol. The summed E-state index contributed by atoms with van der Waals surface area (Å²) in [5, 5.41) is 10.3. The van der Waals surface area contributed by atoms with Crippen molar-refractivity contribution in [2.45, 2.75) is 13.3 Å². The minimum atomic E-state index is 0.861. The molecule has 0 bridgehead atoms. The van der Waals surface area contributed by atoms with Crippen LogP contribution in [-0.4, -0.2) is 54.6 Å². The zero-order valence-electron chi connectivity index (χ0n) is 23.2. The summed E-state index contributed by atoms with van der Waals surface area (Å²) in [5.74, 6) is 0. The average Bonchev–Trinajstić information content (AvgIpc) is 3.28. The van der Waals surface area contributed by atoms with E-state index in [4.69, 9.17) is 0 Å². The first-order valence-corrected chi connectivity index (χ1v) is 13.7. The van der Waals surface area contributed by atoms with Gasteiger partial charge in [0.1, 0.15) is 0 Å². The van der Waals surface area contributed by atoms with Gasteiger partial charge in [-0.25, -0.2) is 0 Å². The second kappa shape index (κ2) is 11.8. The molecule has 3 aromatic carbocycles. The smallest absolute Gasteiger partial charge is 0.0559 e. The molecule has 1 aliphatic rings. The molecule has 39 heavy (non-hydrogen) atoms. The first kappa shape index (κ1) is 26.5. The number of hydrogen-bond acceptors (Lipinski definition) is 4. The van der Waals surface area contributed by atoms with Crippen LogP contribution < -0.4 is 21.2 Å². The van der Waals surface area contributed by atoms with E-state index in [0.29, 0.717) is 0 Å². The van der Waals surface area contributed by atoms with E-state index in [2.05, 4.69) is 126 Å². The highest BCUT2D eigenvalue weighted by atomic mass is 15.2. The first-order valence-electron chi connectivity index (χ1n) is 13.7. The molecule has 4 aromatic rings. The minimum Gasteiger partial charge on any atom is -0.358 e. The lowest BCUT2D eigenvalue weighted by atomic mass is 10.0. The number of nitrogens with one attached hydrogen (secondary N) is 3. The molecule has 2 heterocycles. The van der Waals surface area contributed by atoms with E-state index >= 15 is 0 Å². The third-order valence-corrected chi connectivity index (χ3v) is 7.51. The van der Waals surface area contributed by atoms with Gasteiger partial charge < -0.3 is 20.5 Å². The van der Waals surface area contributed by atoms with Crippen molar-refractivity contribution in [1.82, 2.24) is 14.8 Å². The third kappa shape index (κ3) is 6.17. The van der Waals surface area contributed by atoms with E-state index in [1.165, 1.54) is 0 Å². The van der Waals surface area contributed by atoms with Crippen LogP contribution in [0.2, 0.25) is 0 Å². The molecule has 1 fully saturated rings. The number of likely N-dealkylation sites (N-methyl/N-ethyl adjacent to an activating group) is 1. The van der Waals surface area contributed by atoms with E-state index < -0.39 is 0 Å². The van der Waals surface area contributed by atoms with Crippen molar-refractivity contribution in [2.24, 2.45) is 0 Å². The Morgan fingerprint density at radius 1 is 0.846 bits per heavy atom. The second-order valence-corrected chi connectivity index (χ2v) is 10.4. The van der Waals surface area contributed by atoms with Gasteiger partial charge in [0.2, 0.25) is 0 Å². The van der Waals surface area contributed by atoms with Gasteiger partial charge in [-0.2, -0.15) is 0 Å². The van der Waals surface area contributed by atoms with Gasteiger partial charge in [0.15, 0.2) is 0 Å². The zero-order valence-corrected chi connectivity index (χ0v) is 23.2. The van der Waals surface area contributed by atoms with Crippen LogP contribution in [0.3, 0.4) is 0 Å². The molecule has 5 rings (SSSR count). The fraction of sp³-hybridized carbons (Fsp3) is 0.235. The fourth-order valence-electron chi connectivity index (χ4n) is 5.15. The lowest BCUT2D eigenvalue weighted by molar-refractivity contribution is 0.164. The SMILES string of the molecule is C=C(CN1CCN(C)CC1)Nc1ccc(N/C(c2ccccc2)=c2\c(=C)[nH]c3cc(C(=C)CC)ccc23)cc1. The van der Waals surface area contributed by atoms with Crippen LogP contribution in [0.25, 0.3) is 28.8 Å². The number of H-pyrrole nitrogens is 1. The Kier molecular flexibility index (Phi) is 8.01. The Balaban J connectivity index is 1.42. The molecular formula is C34H39N5. The number of hydrogen-bond donors (Lipinski definition) is 3. The molecule has 1 aromatic heterocycles. The van der Waals surface area contributed by atoms with Crippen molar-refractivity contribution in [3.05, 3.63) is 113 Å². The summed E-state index contributed by atoms with van der Waals surface area (Å²) in [6.45, 7) is 20.2. The van der Waals surface area contributed by atoms with Crippen molar-refractivity contribution < 1.29 is 0 Å². The lowest BCUT2D eigenvalue weighted by Crippen LogP contribution is -2.45. The number of aromatic amines is 1. The van der Waals surface area contributed by atoms with Gasteiger partial charge in [-0.1, -0.05) is 69.1 Å². The number of allylic oxidation sites excluding steroid dienone is 1. The van der Waals surface area contributed by atoms with Gasteiger partial charge in [0, 0.05) is 71.3 Å². The van der Waals surface area contributed by atoms with Crippen molar-refractivity contribution in [3.63, 3.8) is 0 Å². The number of rotatable bonds is 9. The summed E-state index contributed by atoms with van der Waals surface area (Å²) in [6.07, 6.45) is 0.924. The summed E-state index contributed by atoms with van der Waals surface area (Å²) >= 11 is 0. The number of fused-ring (bicyclic) bond motifs is 1. The van der Waals surface area contributed by atoms with Gasteiger partial charge in [0.25, 0.3) is 0 Å². The highest BCUT2D eigenvalue weighted by molar-refractivity contribution is 5.90. The Hall–Kier alpha value is -4.06. The number of piperazine rings is 1. The van der Waals surface area contributed by atoms with Crippen LogP contribution in [0.1, 0.15) is 24.5 Å². The molecule has 0 unspecified atom stereocenters. The van der Waals surface area contributed by atoms with Gasteiger partial charge in [-0.15, -0.1) is 0 Å². The van der Waals surface area contributed by atoms with E-state index in [9.17, 15) is 0 Å². The normalized spacial score (nSPS) is 15.2. The Labute approximate surface area is 231 Å². The molecule has 1 saturated heterocycles. The monoisotopic (exact) mass is 517 g/mol. The molecule has 5 heteroatoms. The molecule has 5 nitrogen and oxygen atoms in total. The molecule has 0 saturated carbocycles. The Morgan fingerprint density at radius 3 is 2.18 bits per heavy atom. The quantitative estimate of drug-likeness (QED) is 0.277. The highest BCUT2D eigenvalue weighted by Crippen LogP contribution is 2.22. The molecular weight excluding hydrogens is 478 g/mol. The maximum Gasteiger partial charge on any atom is 0.0559 e. The molecule has 0 atom stereocenters. The van der Waals surface area contributed by atoms with Crippen molar-refractivity contribution in [3.8, 4) is 0 Å². The van der Waals surface area contributed by atoms with Gasteiger partial charge in [-0.3, -0.25) is 4.90 Å². The fourth-order valence-corrected chi connectivity index (χ4v) is 5.15. The van der Waals surface area contributed by atoms with Crippen molar-refractivity contribution >= 4 is 40.1 Å². The summed E-state index contributed by atoms with van der Waals surface area (Å²) in [5.41, 5.74) is 8.54. The van der Waals surface area contributed by atoms with Gasteiger partial charge in [0.05, 0.1) is 5.70 Å². The number of aromatic nitrogens is 1. The topological polar surface area (TPSA) is 46.3 Å². The number of benzene rings is 3. The summed E-state index contributed by atoms with van der Waals surface area (Å²) in [7, 11) is 2.18. The summed E-state index contributed by atoms with van der Waals surface area (Å²) < 4.78 is 0. The third-order valence-electron chi connectivity index (χ3n) is 7.51.